The Labute approximate surface area is 307 Å². The maximum atomic E-state index is 14.9. The average molecular weight is 697 g/mol. The van der Waals surface area contributed by atoms with Crippen LogP contribution in [-0.2, 0) is 4.57 Å². The van der Waals surface area contributed by atoms with E-state index in [0.717, 1.165) is 60.3 Å². The number of hydrogen-bond acceptors (Lipinski definition) is 2. The third-order valence-electron chi connectivity index (χ3n) is 10.5. The Morgan fingerprint density at radius 2 is 0.887 bits per heavy atom. The summed E-state index contributed by atoms with van der Waals surface area (Å²) in [6.07, 6.45) is 0. The first-order chi connectivity index (χ1) is 26.2. The summed E-state index contributed by atoms with van der Waals surface area (Å²) in [6, 6.07) is 68.9. The molecule has 3 nitrogen and oxygen atoms in total. The molecule has 4 heteroatoms. The third-order valence-corrected chi connectivity index (χ3v) is 13.6. The summed E-state index contributed by atoms with van der Waals surface area (Å²) in [6.45, 7) is 0. The fraction of sp³-hybridized carbons (Fsp3) is 0. The molecule has 0 saturated carbocycles. The molecule has 0 spiro atoms. The summed E-state index contributed by atoms with van der Waals surface area (Å²) in [5.74, 6) is 0. The third kappa shape index (κ3) is 5.04. The van der Waals surface area contributed by atoms with Crippen LogP contribution in [0.15, 0.2) is 200 Å². The minimum atomic E-state index is -3.04. The Bertz CT molecular complexity index is 2950. The monoisotopic (exact) mass is 696 g/mol. The van der Waals surface area contributed by atoms with E-state index in [9.17, 15) is 4.57 Å². The molecule has 0 aliphatic carbocycles. The van der Waals surface area contributed by atoms with Gasteiger partial charge in [0.2, 0.25) is 0 Å². The summed E-state index contributed by atoms with van der Waals surface area (Å²) in [4.78, 5) is 5.29. The van der Waals surface area contributed by atoms with Crippen molar-refractivity contribution in [3.8, 4) is 28.1 Å². The molecule has 0 fully saturated rings. The molecule has 2 heterocycles. The van der Waals surface area contributed by atoms with E-state index >= 15 is 0 Å². The molecule has 53 heavy (non-hydrogen) atoms. The molecule has 8 aromatic carbocycles. The van der Waals surface area contributed by atoms with Gasteiger partial charge in [-0.15, -0.1) is 0 Å². The van der Waals surface area contributed by atoms with Crippen LogP contribution in [0.25, 0.3) is 71.6 Å². The van der Waals surface area contributed by atoms with E-state index in [4.69, 9.17) is 4.98 Å². The van der Waals surface area contributed by atoms with Gasteiger partial charge in [-0.2, -0.15) is 0 Å². The standard InChI is InChI=1S/C49H33N2OP/c52-53(38-16-6-2-7-17-38,39-18-8-3-9-19-39)40-30-28-35(29-31-40)34-24-26-36(27-25-34)49-43-32-33-46-48(47(43)41-20-10-12-22-44(41)50-49)42-21-11-13-23-45(42)51(46)37-14-4-1-5-15-37/h1-33H. The van der Waals surface area contributed by atoms with Gasteiger partial charge in [0.1, 0.15) is 0 Å². The van der Waals surface area contributed by atoms with E-state index in [2.05, 4.69) is 132 Å². The van der Waals surface area contributed by atoms with Gasteiger partial charge < -0.3 is 9.13 Å². The van der Waals surface area contributed by atoms with Crippen LogP contribution < -0.4 is 15.9 Å². The van der Waals surface area contributed by atoms with Crippen molar-refractivity contribution in [2.75, 3.05) is 0 Å². The average Bonchev–Trinajstić information content (AvgIpc) is 3.59. The predicted molar refractivity (Wildman–Crippen MR) is 224 cm³/mol. The Balaban J connectivity index is 1.09. The van der Waals surface area contributed by atoms with Gasteiger partial charge in [-0.05, 0) is 41.5 Å². The van der Waals surface area contributed by atoms with Gasteiger partial charge in [-0.1, -0.05) is 170 Å². The summed E-state index contributed by atoms with van der Waals surface area (Å²) in [5, 5.41) is 8.44. The molecule has 2 aromatic heterocycles. The van der Waals surface area contributed by atoms with Crippen LogP contribution in [0.3, 0.4) is 0 Å². The summed E-state index contributed by atoms with van der Waals surface area (Å²) in [5.41, 5.74) is 8.66. The van der Waals surface area contributed by atoms with E-state index < -0.39 is 7.14 Å². The van der Waals surface area contributed by atoms with Crippen LogP contribution in [-0.4, -0.2) is 9.55 Å². The number of benzene rings is 8. The molecule has 0 N–H and O–H groups in total. The van der Waals surface area contributed by atoms with Crippen LogP contribution in [0.4, 0.5) is 0 Å². The van der Waals surface area contributed by atoms with Gasteiger partial charge in [0.05, 0.1) is 22.2 Å². The SMILES string of the molecule is O=P(c1ccccc1)(c1ccccc1)c1ccc(-c2ccc(-c3nc4ccccc4c4c3ccc3c4c4ccccc4n3-c3ccccc3)cc2)cc1. The van der Waals surface area contributed by atoms with E-state index in [1.807, 2.05) is 72.8 Å². The molecule has 0 bridgehead atoms. The number of fused-ring (bicyclic) bond motifs is 7. The number of aromatic nitrogens is 2. The van der Waals surface area contributed by atoms with Crippen molar-refractivity contribution in [2.24, 2.45) is 0 Å². The molecular weight excluding hydrogens is 664 g/mol. The summed E-state index contributed by atoms with van der Waals surface area (Å²) < 4.78 is 17.3. The first-order valence-electron chi connectivity index (χ1n) is 17.9. The molecule has 10 aromatic rings. The number of para-hydroxylation sites is 3. The molecule has 250 valence electrons. The zero-order valence-electron chi connectivity index (χ0n) is 28.8. The van der Waals surface area contributed by atoms with E-state index in [-0.39, 0.29) is 0 Å². The maximum Gasteiger partial charge on any atom is 0.171 e. The number of hydrogen-bond donors (Lipinski definition) is 0. The zero-order chi connectivity index (χ0) is 35.4. The fourth-order valence-electron chi connectivity index (χ4n) is 7.98. The van der Waals surface area contributed by atoms with Gasteiger partial charge in [0, 0.05) is 54.1 Å². The Hall–Kier alpha value is -6.54. The Morgan fingerprint density at radius 1 is 0.377 bits per heavy atom. The van der Waals surface area contributed by atoms with Crippen molar-refractivity contribution in [1.82, 2.24) is 9.55 Å². The molecule has 0 unspecified atom stereocenters. The Morgan fingerprint density at radius 3 is 1.55 bits per heavy atom. The van der Waals surface area contributed by atoms with Gasteiger partial charge in [0.15, 0.2) is 7.14 Å². The molecule has 0 amide bonds. The number of pyridine rings is 1. The lowest BCUT2D eigenvalue weighted by atomic mass is 9.95. The molecule has 10 rings (SSSR count). The smallest absolute Gasteiger partial charge is 0.171 e. The largest absolute Gasteiger partial charge is 0.309 e. The van der Waals surface area contributed by atoms with Crippen molar-refractivity contribution in [2.45, 2.75) is 0 Å². The highest BCUT2D eigenvalue weighted by Crippen LogP contribution is 2.44. The van der Waals surface area contributed by atoms with Crippen molar-refractivity contribution >= 4 is 66.5 Å². The first kappa shape index (κ1) is 31.2. The molecular formula is C49H33N2OP. The van der Waals surface area contributed by atoms with Gasteiger partial charge >= 0.3 is 0 Å². The Kier molecular flexibility index (Phi) is 7.42. The van der Waals surface area contributed by atoms with Crippen LogP contribution in [0.1, 0.15) is 0 Å². The molecule has 0 aliphatic heterocycles. The predicted octanol–water partition coefficient (Wildman–Crippen LogP) is 11.5. The highest BCUT2D eigenvalue weighted by Gasteiger charge is 2.29. The summed E-state index contributed by atoms with van der Waals surface area (Å²) >= 11 is 0. The lowest BCUT2D eigenvalue weighted by Crippen LogP contribution is -2.24. The minimum absolute atomic E-state index is 0.821. The van der Waals surface area contributed by atoms with Gasteiger partial charge in [0.25, 0.3) is 0 Å². The lowest BCUT2D eigenvalue weighted by Gasteiger charge is -2.20. The molecule has 0 atom stereocenters. The minimum Gasteiger partial charge on any atom is -0.309 e. The second-order valence-electron chi connectivity index (χ2n) is 13.5. The maximum absolute atomic E-state index is 14.9. The van der Waals surface area contributed by atoms with E-state index in [0.29, 0.717) is 0 Å². The van der Waals surface area contributed by atoms with Crippen LogP contribution in [0, 0.1) is 0 Å². The topological polar surface area (TPSA) is 34.9 Å². The van der Waals surface area contributed by atoms with Crippen LogP contribution >= 0.6 is 7.14 Å². The van der Waals surface area contributed by atoms with Gasteiger partial charge in [-0.3, -0.25) is 0 Å². The van der Waals surface area contributed by atoms with Crippen molar-refractivity contribution in [1.29, 1.82) is 0 Å². The lowest BCUT2D eigenvalue weighted by molar-refractivity contribution is 0.592. The van der Waals surface area contributed by atoms with Crippen molar-refractivity contribution < 1.29 is 4.57 Å². The highest BCUT2D eigenvalue weighted by molar-refractivity contribution is 7.85. The van der Waals surface area contributed by atoms with Crippen LogP contribution in [0.5, 0.6) is 0 Å². The van der Waals surface area contributed by atoms with E-state index in [1.165, 1.54) is 27.2 Å². The first-order valence-corrected chi connectivity index (χ1v) is 19.6. The van der Waals surface area contributed by atoms with Crippen LogP contribution in [0.2, 0.25) is 0 Å². The molecule has 0 radical (unpaired) electrons. The second-order valence-corrected chi connectivity index (χ2v) is 16.2. The zero-order valence-corrected chi connectivity index (χ0v) is 29.7. The molecule has 0 aliphatic rings. The normalized spacial score (nSPS) is 11.8. The number of nitrogens with zero attached hydrogens (tertiary/aromatic N) is 2. The second kappa shape index (κ2) is 12.6. The number of rotatable bonds is 6. The summed E-state index contributed by atoms with van der Waals surface area (Å²) in [7, 11) is -3.04. The van der Waals surface area contributed by atoms with Crippen molar-refractivity contribution in [3.63, 3.8) is 0 Å². The fourth-order valence-corrected chi connectivity index (χ4v) is 10.6. The molecule has 0 saturated heterocycles. The highest BCUT2D eigenvalue weighted by atomic mass is 31.2. The quantitative estimate of drug-likeness (QED) is 0.128. The van der Waals surface area contributed by atoms with E-state index in [1.54, 1.807) is 0 Å². The van der Waals surface area contributed by atoms with Gasteiger partial charge in [-0.25, -0.2) is 4.98 Å². The van der Waals surface area contributed by atoms with Crippen molar-refractivity contribution in [3.05, 3.63) is 200 Å².